The van der Waals surface area contributed by atoms with Gasteiger partial charge in [-0.1, -0.05) is 0 Å². The first-order chi connectivity index (χ1) is 3.89. The molecule has 3 heteroatoms. The van der Waals surface area contributed by atoms with E-state index in [-0.39, 0.29) is 0 Å². The number of hydrogen-bond acceptors (Lipinski definition) is 3. The van der Waals surface area contributed by atoms with Gasteiger partial charge < -0.3 is 15.9 Å². The number of hydrogen-bond donors (Lipinski definition) is 3. The normalized spacial score (nSPS) is 24.7. The summed E-state index contributed by atoms with van der Waals surface area (Å²) in [5, 5.41) is 17.9. The van der Waals surface area contributed by atoms with Crippen LogP contribution in [-0.2, 0) is 0 Å². The molecule has 0 aromatic heterocycles. The SMILES string of the molecule is CC(O)C(C)(N)C(C)O. The van der Waals surface area contributed by atoms with E-state index in [0.717, 1.165) is 0 Å². The van der Waals surface area contributed by atoms with Crippen LogP contribution in [0.25, 0.3) is 0 Å². The van der Waals surface area contributed by atoms with Crippen molar-refractivity contribution in [3.63, 3.8) is 0 Å². The second-order valence-corrected chi connectivity index (χ2v) is 2.72. The zero-order valence-electron chi connectivity index (χ0n) is 6.13. The lowest BCUT2D eigenvalue weighted by atomic mass is 9.92. The van der Waals surface area contributed by atoms with Crippen molar-refractivity contribution in [2.75, 3.05) is 0 Å². The maximum absolute atomic E-state index is 8.97. The van der Waals surface area contributed by atoms with Crippen LogP contribution in [0.15, 0.2) is 0 Å². The van der Waals surface area contributed by atoms with E-state index in [9.17, 15) is 0 Å². The molecule has 0 amide bonds. The van der Waals surface area contributed by atoms with Gasteiger partial charge in [0.25, 0.3) is 0 Å². The third-order valence-corrected chi connectivity index (χ3v) is 1.80. The Bertz CT molecular complexity index is 79.1. The average molecular weight is 133 g/mol. The second kappa shape index (κ2) is 2.64. The van der Waals surface area contributed by atoms with Crippen LogP contribution >= 0.6 is 0 Å². The Morgan fingerprint density at radius 3 is 1.44 bits per heavy atom. The largest absolute Gasteiger partial charge is 0.391 e. The minimum atomic E-state index is -0.889. The van der Waals surface area contributed by atoms with Crippen molar-refractivity contribution in [3.8, 4) is 0 Å². The summed E-state index contributed by atoms with van der Waals surface area (Å²) in [6.07, 6.45) is -1.37. The van der Waals surface area contributed by atoms with Crippen molar-refractivity contribution < 1.29 is 10.2 Å². The molecule has 0 aromatic carbocycles. The van der Waals surface area contributed by atoms with Crippen molar-refractivity contribution in [1.82, 2.24) is 0 Å². The van der Waals surface area contributed by atoms with E-state index in [0.29, 0.717) is 0 Å². The summed E-state index contributed by atoms with van der Waals surface area (Å²) in [4.78, 5) is 0. The predicted molar refractivity (Wildman–Crippen MR) is 36.0 cm³/mol. The van der Waals surface area contributed by atoms with Gasteiger partial charge in [-0.15, -0.1) is 0 Å². The maximum atomic E-state index is 8.97. The summed E-state index contributed by atoms with van der Waals surface area (Å²) < 4.78 is 0. The minimum absolute atomic E-state index is 0.683. The van der Waals surface area contributed by atoms with Crippen molar-refractivity contribution >= 4 is 0 Å². The van der Waals surface area contributed by atoms with E-state index >= 15 is 0 Å². The fourth-order valence-corrected chi connectivity index (χ4v) is 0.349. The second-order valence-electron chi connectivity index (χ2n) is 2.72. The monoisotopic (exact) mass is 133 g/mol. The van der Waals surface area contributed by atoms with Crippen LogP contribution in [0.4, 0.5) is 0 Å². The minimum Gasteiger partial charge on any atom is -0.391 e. The zero-order valence-corrected chi connectivity index (χ0v) is 6.13. The molecule has 0 aliphatic rings. The summed E-state index contributed by atoms with van der Waals surface area (Å²) in [5.74, 6) is 0. The highest BCUT2D eigenvalue weighted by molar-refractivity contribution is 4.88. The summed E-state index contributed by atoms with van der Waals surface area (Å²) in [6.45, 7) is 4.74. The van der Waals surface area contributed by atoms with E-state index in [2.05, 4.69) is 0 Å². The molecule has 0 saturated heterocycles. The van der Waals surface area contributed by atoms with Gasteiger partial charge in [0.15, 0.2) is 0 Å². The van der Waals surface area contributed by atoms with Crippen molar-refractivity contribution in [2.45, 2.75) is 38.5 Å². The third kappa shape index (κ3) is 1.93. The molecule has 0 aliphatic heterocycles. The summed E-state index contributed by atoms with van der Waals surface area (Å²) in [5.41, 5.74) is 4.61. The topological polar surface area (TPSA) is 66.5 Å². The quantitative estimate of drug-likeness (QED) is 0.474. The van der Waals surface area contributed by atoms with Gasteiger partial charge >= 0.3 is 0 Å². The Morgan fingerprint density at radius 2 is 1.44 bits per heavy atom. The van der Waals surface area contributed by atoms with Gasteiger partial charge in [0.1, 0.15) is 0 Å². The molecule has 2 atom stereocenters. The molecule has 0 aromatic rings. The van der Waals surface area contributed by atoms with Crippen LogP contribution in [0.5, 0.6) is 0 Å². The van der Waals surface area contributed by atoms with Crippen LogP contribution in [0, 0.1) is 0 Å². The van der Waals surface area contributed by atoms with Crippen LogP contribution in [-0.4, -0.2) is 28.0 Å². The van der Waals surface area contributed by atoms with E-state index in [1.54, 1.807) is 20.8 Å². The number of rotatable bonds is 2. The van der Waals surface area contributed by atoms with E-state index in [1.165, 1.54) is 0 Å². The van der Waals surface area contributed by atoms with Crippen LogP contribution in [0.2, 0.25) is 0 Å². The smallest absolute Gasteiger partial charge is 0.0714 e. The highest BCUT2D eigenvalue weighted by atomic mass is 16.3. The Hall–Kier alpha value is -0.120. The molecule has 0 aliphatic carbocycles. The molecule has 0 bridgehead atoms. The number of nitrogens with two attached hydrogens (primary N) is 1. The van der Waals surface area contributed by atoms with Crippen LogP contribution in [0.1, 0.15) is 20.8 Å². The van der Waals surface area contributed by atoms with Crippen LogP contribution in [0.3, 0.4) is 0 Å². The molecular formula is C6H15NO2. The molecule has 3 nitrogen and oxygen atoms in total. The van der Waals surface area contributed by atoms with Gasteiger partial charge in [-0.25, -0.2) is 0 Å². The Balaban J connectivity index is 4.01. The van der Waals surface area contributed by atoms with Gasteiger partial charge in [-0.3, -0.25) is 0 Å². The summed E-state index contributed by atoms with van der Waals surface area (Å²) in [6, 6.07) is 0. The molecule has 9 heavy (non-hydrogen) atoms. The predicted octanol–water partition coefficient (Wildman–Crippen LogP) is -0.535. The standard InChI is InChI=1S/C6H15NO2/c1-4(8)6(3,7)5(2)9/h4-5,8-9H,7H2,1-3H3. The van der Waals surface area contributed by atoms with Crippen molar-refractivity contribution in [2.24, 2.45) is 5.73 Å². The van der Waals surface area contributed by atoms with Gasteiger partial charge in [0.2, 0.25) is 0 Å². The molecule has 2 unspecified atom stereocenters. The van der Waals surface area contributed by atoms with E-state index < -0.39 is 17.7 Å². The first kappa shape index (κ1) is 8.88. The van der Waals surface area contributed by atoms with E-state index in [1.807, 2.05) is 0 Å². The van der Waals surface area contributed by atoms with Crippen molar-refractivity contribution in [1.29, 1.82) is 0 Å². The number of aliphatic hydroxyl groups is 2. The fraction of sp³-hybridized carbons (Fsp3) is 1.00. The van der Waals surface area contributed by atoms with Gasteiger partial charge in [-0.05, 0) is 20.8 Å². The zero-order chi connectivity index (χ0) is 7.65. The molecule has 0 rings (SSSR count). The molecular weight excluding hydrogens is 118 g/mol. The Kier molecular flexibility index (Phi) is 2.61. The lowest BCUT2D eigenvalue weighted by molar-refractivity contribution is 0.0183. The van der Waals surface area contributed by atoms with Crippen molar-refractivity contribution in [3.05, 3.63) is 0 Å². The molecule has 0 fully saturated rings. The fourth-order valence-electron chi connectivity index (χ4n) is 0.349. The molecule has 4 N–H and O–H groups in total. The molecule has 0 saturated carbocycles. The third-order valence-electron chi connectivity index (χ3n) is 1.80. The summed E-state index contributed by atoms with van der Waals surface area (Å²) in [7, 11) is 0. The average Bonchev–Trinajstić information content (AvgIpc) is 1.65. The molecule has 56 valence electrons. The lowest BCUT2D eigenvalue weighted by Crippen LogP contribution is -2.54. The number of aliphatic hydroxyl groups excluding tert-OH is 2. The van der Waals surface area contributed by atoms with Gasteiger partial charge in [0.05, 0.1) is 17.7 Å². The maximum Gasteiger partial charge on any atom is 0.0714 e. The summed E-state index contributed by atoms with van der Waals surface area (Å²) >= 11 is 0. The highest BCUT2D eigenvalue weighted by Gasteiger charge is 2.29. The van der Waals surface area contributed by atoms with Crippen LogP contribution < -0.4 is 5.73 Å². The molecule has 0 spiro atoms. The molecule has 0 radical (unpaired) electrons. The molecule has 0 heterocycles. The first-order valence-corrected chi connectivity index (χ1v) is 3.04. The first-order valence-electron chi connectivity index (χ1n) is 3.04. The Labute approximate surface area is 55.5 Å². The highest BCUT2D eigenvalue weighted by Crippen LogP contribution is 2.10. The Morgan fingerprint density at radius 1 is 1.22 bits per heavy atom. The van der Waals surface area contributed by atoms with Gasteiger partial charge in [-0.2, -0.15) is 0 Å². The van der Waals surface area contributed by atoms with E-state index in [4.69, 9.17) is 15.9 Å². The van der Waals surface area contributed by atoms with Gasteiger partial charge in [0, 0.05) is 0 Å². The lowest BCUT2D eigenvalue weighted by Gasteiger charge is -2.30.